The smallest absolute Gasteiger partial charge is 0.272 e. The summed E-state index contributed by atoms with van der Waals surface area (Å²) in [5.41, 5.74) is -0.357. The second-order valence-corrected chi connectivity index (χ2v) is 8.97. The number of amides is 1. The van der Waals surface area contributed by atoms with Gasteiger partial charge in [-0.2, -0.15) is 9.98 Å². The third-order valence-electron chi connectivity index (χ3n) is 5.31. The number of benzene rings is 1. The highest BCUT2D eigenvalue weighted by molar-refractivity contribution is 7.89. The Morgan fingerprint density at radius 2 is 2.20 bits per heavy atom. The van der Waals surface area contributed by atoms with E-state index in [0.717, 1.165) is 6.07 Å². The van der Waals surface area contributed by atoms with Gasteiger partial charge in [0.2, 0.25) is 10.0 Å². The number of carbonyl (C=O) groups excluding carboxylic acids is 1. The van der Waals surface area contributed by atoms with E-state index in [4.69, 9.17) is 5.26 Å². The summed E-state index contributed by atoms with van der Waals surface area (Å²) >= 11 is 0. The number of aliphatic hydroxyl groups excluding tert-OH is 1. The summed E-state index contributed by atoms with van der Waals surface area (Å²) in [5, 5.41) is 21.4. The molecule has 30 heavy (non-hydrogen) atoms. The standard InChI is InChI=1S/C20H21FN4O4S/c1-12(2)20(11-26)7-6-15-17(30(28,29)24-20)10-25(3)18(15)19(27)23-14-4-5-16(21)13(8-14)9-22/h4-5,8,10,24,26H,1,6-7,11H2,2-3H3,(H,23,27)/t20-/m0/s1. The average Bonchev–Trinajstić information content (AvgIpc) is 2.98. The lowest BCUT2D eigenvalue weighted by molar-refractivity contribution is 0.101. The minimum atomic E-state index is -4.03. The van der Waals surface area contributed by atoms with Gasteiger partial charge in [0.15, 0.2) is 0 Å². The van der Waals surface area contributed by atoms with Crippen molar-refractivity contribution in [3.8, 4) is 6.07 Å². The summed E-state index contributed by atoms with van der Waals surface area (Å²) in [6.45, 7) is 4.96. The van der Waals surface area contributed by atoms with Gasteiger partial charge in [-0.25, -0.2) is 12.8 Å². The van der Waals surface area contributed by atoms with E-state index in [9.17, 15) is 22.7 Å². The second kappa shape index (κ2) is 7.68. The maximum atomic E-state index is 13.5. The van der Waals surface area contributed by atoms with Gasteiger partial charge in [0, 0.05) is 24.5 Å². The molecule has 1 amide bonds. The number of aromatic nitrogens is 1. The van der Waals surface area contributed by atoms with E-state index in [-0.39, 0.29) is 34.7 Å². The highest BCUT2D eigenvalue weighted by Gasteiger charge is 2.41. The molecule has 10 heteroatoms. The molecule has 0 unspecified atom stereocenters. The molecule has 8 nitrogen and oxygen atoms in total. The minimum absolute atomic E-state index is 0.0523. The normalized spacial score (nSPS) is 20.0. The van der Waals surface area contributed by atoms with Crippen LogP contribution in [0, 0.1) is 17.1 Å². The third-order valence-corrected chi connectivity index (χ3v) is 6.90. The van der Waals surface area contributed by atoms with Crippen LogP contribution in [0.1, 0.15) is 35.0 Å². The first-order chi connectivity index (χ1) is 14.0. The van der Waals surface area contributed by atoms with E-state index in [1.807, 2.05) is 0 Å². The molecule has 1 atom stereocenters. The van der Waals surface area contributed by atoms with Crippen molar-refractivity contribution >= 4 is 21.6 Å². The monoisotopic (exact) mass is 432 g/mol. The number of fused-ring (bicyclic) bond motifs is 1. The molecule has 2 heterocycles. The van der Waals surface area contributed by atoms with Crippen LogP contribution in [0.3, 0.4) is 0 Å². The number of halogens is 1. The molecule has 0 bridgehead atoms. The Morgan fingerprint density at radius 3 is 2.80 bits per heavy atom. The maximum absolute atomic E-state index is 13.5. The van der Waals surface area contributed by atoms with Gasteiger partial charge in [0.25, 0.3) is 5.91 Å². The van der Waals surface area contributed by atoms with Crippen LogP contribution in [-0.4, -0.2) is 36.1 Å². The average molecular weight is 432 g/mol. The van der Waals surface area contributed by atoms with E-state index < -0.39 is 33.9 Å². The molecular weight excluding hydrogens is 411 g/mol. The van der Waals surface area contributed by atoms with E-state index in [1.54, 1.807) is 20.0 Å². The number of anilines is 1. The number of rotatable bonds is 4. The number of hydrogen-bond acceptors (Lipinski definition) is 5. The summed E-state index contributed by atoms with van der Waals surface area (Å²) < 4.78 is 43.4. The molecule has 2 aromatic rings. The Bertz CT molecular complexity index is 1200. The lowest BCUT2D eigenvalue weighted by Crippen LogP contribution is -2.51. The summed E-state index contributed by atoms with van der Waals surface area (Å²) in [6, 6.07) is 5.28. The van der Waals surface area contributed by atoms with Crippen molar-refractivity contribution in [1.82, 2.24) is 9.29 Å². The molecule has 0 saturated heterocycles. The maximum Gasteiger partial charge on any atom is 0.272 e. The van der Waals surface area contributed by atoms with Gasteiger partial charge in [0.1, 0.15) is 22.5 Å². The van der Waals surface area contributed by atoms with Gasteiger partial charge in [0.05, 0.1) is 17.7 Å². The van der Waals surface area contributed by atoms with E-state index in [1.165, 1.54) is 22.9 Å². The van der Waals surface area contributed by atoms with Crippen molar-refractivity contribution in [3.05, 3.63) is 59.2 Å². The van der Waals surface area contributed by atoms with E-state index in [2.05, 4.69) is 16.6 Å². The highest BCUT2D eigenvalue weighted by atomic mass is 32.2. The molecule has 1 aliphatic heterocycles. The van der Waals surface area contributed by atoms with Crippen LogP contribution < -0.4 is 10.0 Å². The summed E-state index contributed by atoms with van der Waals surface area (Å²) in [4.78, 5) is 12.9. The molecule has 0 aliphatic carbocycles. The van der Waals surface area contributed by atoms with Crippen LogP contribution in [-0.2, 0) is 23.5 Å². The fourth-order valence-electron chi connectivity index (χ4n) is 3.55. The van der Waals surface area contributed by atoms with Gasteiger partial charge in [-0.1, -0.05) is 12.2 Å². The van der Waals surface area contributed by atoms with Gasteiger partial charge in [-0.15, -0.1) is 0 Å². The first-order valence-corrected chi connectivity index (χ1v) is 10.5. The first-order valence-electron chi connectivity index (χ1n) is 9.04. The Hall–Kier alpha value is -3.00. The zero-order valence-corrected chi connectivity index (χ0v) is 17.3. The fraction of sp³-hybridized carbons (Fsp3) is 0.300. The Kier molecular flexibility index (Phi) is 5.56. The van der Waals surface area contributed by atoms with Crippen molar-refractivity contribution in [3.63, 3.8) is 0 Å². The van der Waals surface area contributed by atoms with Gasteiger partial charge in [-0.05, 0) is 38.0 Å². The van der Waals surface area contributed by atoms with Gasteiger partial charge in [-0.3, -0.25) is 4.79 Å². The molecule has 1 aromatic carbocycles. The van der Waals surface area contributed by atoms with Crippen LogP contribution >= 0.6 is 0 Å². The largest absolute Gasteiger partial charge is 0.394 e. The summed E-state index contributed by atoms with van der Waals surface area (Å²) in [7, 11) is -2.49. The van der Waals surface area contributed by atoms with Crippen molar-refractivity contribution in [2.75, 3.05) is 11.9 Å². The van der Waals surface area contributed by atoms with Crippen molar-refractivity contribution in [2.24, 2.45) is 7.05 Å². The Labute approximate surface area is 173 Å². The number of sulfonamides is 1. The number of carbonyl (C=O) groups is 1. The number of nitriles is 1. The second-order valence-electron chi connectivity index (χ2n) is 7.32. The van der Waals surface area contributed by atoms with E-state index >= 15 is 0 Å². The molecule has 1 aliphatic rings. The quantitative estimate of drug-likeness (QED) is 0.636. The fourth-order valence-corrected chi connectivity index (χ4v) is 5.33. The molecule has 0 radical (unpaired) electrons. The number of nitrogens with zero attached hydrogens (tertiary/aromatic N) is 2. The van der Waals surface area contributed by atoms with Crippen molar-refractivity contribution in [1.29, 1.82) is 5.26 Å². The van der Waals surface area contributed by atoms with Crippen molar-refractivity contribution in [2.45, 2.75) is 30.2 Å². The summed E-state index contributed by atoms with van der Waals surface area (Å²) in [6.07, 6.45) is 1.75. The highest BCUT2D eigenvalue weighted by Crippen LogP contribution is 2.33. The van der Waals surface area contributed by atoms with Crippen molar-refractivity contribution < 1.29 is 22.7 Å². The van der Waals surface area contributed by atoms with Crippen LogP contribution in [0.5, 0.6) is 0 Å². The lowest BCUT2D eigenvalue weighted by Gasteiger charge is -2.31. The molecule has 3 N–H and O–H groups in total. The van der Waals surface area contributed by atoms with E-state index in [0.29, 0.717) is 11.1 Å². The minimum Gasteiger partial charge on any atom is -0.394 e. The molecule has 158 valence electrons. The molecule has 0 fully saturated rings. The molecule has 1 aromatic heterocycles. The van der Waals surface area contributed by atoms with Gasteiger partial charge >= 0.3 is 0 Å². The van der Waals surface area contributed by atoms with Crippen LogP contribution in [0.15, 0.2) is 41.4 Å². The topological polar surface area (TPSA) is 124 Å². The zero-order valence-electron chi connectivity index (χ0n) is 16.5. The van der Waals surface area contributed by atoms with Crippen LogP contribution in [0.2, 0.25) is 0 Å². The SMILES string of the molecule is C=C(C)[C@@]1(CO)CCc2c(cn(C)c2C(=O)Nc2ccc(F)c(C#N)c2)S(=O)(=O)N1. The van der Waals surface area contributed by atoms with Crippen LogP contribution in [0.25, 0.3) is 0 Å². The molecular formula is C20H21FN4O4S. The predicted octanol–water partition coefficient (Wildman–Crippen LogP) is 1.82. The number of hydrogen-bond donors (Lipinski definition) is 3. The Balaban J connectivity index is 2.03. The number of aliphatic hydroxyl groups is 1. The van der Waals surface area contributed by atoms with Crippen LogP contribution in [0.4, 0.5) is 10.1 Å². The Morgan fingerprint density at radius 1 is 1.50 bits per heavy atom. The molecule has 0 spiro atoms. The third kappa shape index (κ3) is 3.63. The molecule has 3 rings (SSSR count). The predicted molar refractivity (Wildman–Crippen MR) is 108 cm³/mol. The number of nitrogens with one attached hydrogen (secondary N) is 2. The van der Waals surface area contributed by atoms with Gasteiger partial charge < -0.3 is 15.0 Å². The zero-order chi connectivity index (χ0) is 22.3. The first kappa shape index (κ1) is 21.7. The number of aryl methyl sites for hydroxylation is 1. The lowest BCUT2D eigenvalue weighted by atomic mass is 9.87. The summed E-state index contributed by atoms with van der Waals surface area (Å²) in [5.74, 6) is -1.31. The molecule has 0 saturated carbocycles.